The van der Waals surface area contributed by atoms with E-state index in [2.05, 4.69) is 10.6 Å². The molecule has 1 aromatic heterocycles. The highest BCUT2D eigenvalue weighted by molar-refractivity contribution is 6.34. The van der Waals surface area contributed by atoms with Crippen molar-refractivity contribution < 1.29 is 19.1 Å². The highest BCUT2D eigenvalue weighted by Gasteiger charge is 2.28. The van der Waals surface area contributed by atoms with Gasteiger partial charge in [0.25, 0.3) is 11.8 Å². The minimum Gasteiger partial charge on any atom is -0.454 e. The van der Waals surface area contributed by atoms with Crippen molar-refractivity contribution in [2.75, 3.05) is 7.05 Å². The first kappa shape index (κ1) is 21.7. The molecule has 3 rings (SSSR count). The van der Waals surface area contributed by atoms with Crippen molar-refractivity contribution >= 4 is 35.0 Å². The molecule has 0 saturated heterocycles. The summed E-state index contributed by atoms with van der Waals surface area (Å²) in [5.41, 5.74) is 1.08. The molecule has 1 saturated carbocycles. The highest BCUT2D eigenvalue weighted by atomic mass is 35.5. The molecule has 0 aliphatic heterocycles. The Morgan fingerprint density at radius 3 is 2.28 bits per heavy atom. The second-order valence-electron chi connectivity index (χ2n) is 7.37. The van der Waals surface area contributed by atoms with E-state index in [4.69, 9.17) is 27.6 Å². The fourth-order valence-corrected chi connectivity index (χ4v) is 4.14. The number of halogens is 2. The van der Waals surface area contributed by atoms with Gasteiger partial charge in [0.15, 0.2) is 5.76 Å². The zero-order valence-corrected chi connectivity index (χ0v) is 17.8. The van der Waals surface area contributed by atoms with Crippen LogP contribution in [0.1, 0.15) is 70.8 Å². The fraction of sp³-hybridized carbons (Fsp3) is 0.429. The molecule has 1 atom stereocenters. The zero-order valence-electron chi connectivity index (χ0n) is 16.3. The van der Waals surface area contributed by atoms with Crippen LogP contribution in [0.15, 0.2) is 28.7 Å². The fourth-order valence-electron chi connectivity index (χ4n) is 3.60. The van der Waals surface area contributed by atoms with E-state index in [0.717, 1.165) is 5.56 Å². The van der Waals surface area contributed by atoms with Crippen molar-refractivity contribution in [2.45, 2.75) is 50.7 Å². The average molecular weight is 439 g/mol. The first-order chi connectivity index (χ1) is 13.8. The minimum atomic E-state index is -0.414. The van der Waals surface area contributed by atoms with Gasteiger partial charge in [0.2, 0.25) is 0 Å². The monoisotopic (exact) mass is 438 g/mol. The summed E-state index contributed by atoms with van der Waals surface area (Å²) in [5, 5.41) is 16.1. The van der Waals surface area contributed by atoms with E-state index < -0.39 is 5.91 Å². The van der Waals surface area contributed by atoms with Crippen LogP contribution in [0, 0.1) is 0 Å². The molecular weight excluding hydrogens is 415 g/mol. The van der Waals surface area contributed by atoms with Crippen LogP contribution in [0.4, 0.5) is 0 Å². The van der Waals surface area contributed by atoms with Gasteiger partial charge >= 0.3 is 0 Å². The number of benzene rings is 1. The molecule has 6 nitrogen and oxygen atoms in total. The minimum absolute atomic E-state index is 0.0204. The molecule has 1 heterocycles. The number of furan rings is 1. The first-order valence-corrected chi connectivity index (χ1v) is 10.3. The van der Waals surface area contributed by atoms with Gasteiger partial charge in [-0.15, -0.1) is 0 Å². The zero-order chi connectivity index (χ0) is 21.1. The highest BCUT2D eigenvalue weighted by Crippen LogP contribution is 2.33. The Morgan fingerprint density at radius 1 is 1.07 bits per heavy atom. The smallest absolute Gasteiger partial charge is 0.286 e. The van der Waals surface area contributed by atoms with Crippen LogP contribution in [0.25, 0.3) is 0 Å². The largest absolute Gasteiger partial charge is 0.454 e. The molecule has 1 aliphatic rings. The van der Waals surface area contributed by atoms with Crippen molar-refractivity contribution in [1.82, 2.24) is 10.6 Å². The molecule has 1 aromatic carbocycles. The molecule has 2 aromatic rings. The molecule has 1 fully saturated rings. The molecular formula is C21H24Cl2N2O4. The van der Waals surface area contributed by atoms with E-state index in [9.17, 15) is 14.7 Å². The Bertz CT molecular complexity index is 884. The molecule has 1 aliphatic carbocycles. The van der Waals surface area contributed by atoms with Crippen molar-refractivity contribution in [1.29, 1.82) is 0 Å². The van der Waals surface area contributed by atoms with Crippen molar-refractivity contribution in [2.24, 2.45) is 0 Å². The van der Waals surface area contributed by atoms with Crippen LogP contribution in [-0.4, -0.2) is 36.1 Å². The molecule has 0 radical (unpaired) electrons. The summed E-state index contributed by atoms with van der Waals surface area (Å²) in [6.45, 7) is 1.86. The lowest BCUT2D eigenvalue weighted by atomic mass is 9.92. The van der Waals surface area contributed by atoms with Crippen molar-refractivity contribution in [3.8, 4) is 0 Å². The number of amides is 2. The molecule has 2 amide bonds. The summed E-state index contributed by atoms with van der Waals surface area (Å²) in [5.74, 6) is -0.636. The van der Waals surface area contributed by atoms with Crippen LogP contribution in [0.5, 0.6) is 0 Å². The van der Waals surface area contributed by atoms with Gasteiger partial charge in [0, 0.05) is 35.1 Å². The van der Waals surface area contributed by atoms with E-state index >= 15 is 0 Å². The third-order valence-electron chi connectivity index (χ3n) is 5.27. The van der Waals surface area contributed by atoms with Gasteiger partial charge in [-0.1, -0.05) is 30.1 Å². The number of hydrogen-bond donors (Lipinski definition) is 3. The molecule has 0 spiro atoms. The lowest BCUT2D eigenvalue weighted by molar-refractivity contribution is 0.0864. The predicted molar refractivity (Wildman–Crippen MR) is 112 cm³/mol. The SMILES string of the molecule is CNC(=O)c1cc(C(=O)N[C@H]2CC[C@H](O)CC2)c([C@@H](C)c2cc(Cl)cc(Cl)c2)o1. The standard InChI is InChI=1S/C21H24Cl2N2O4/c1-11(12-7-13(22)9-14(23)8-12)19-17(10-18(29-19)21(28)24-2)20(27)25-15-3-5-16(26)6-4-15/h7-11,15-16,26H,3-6H2,1-2H3,(H,24,28)(H,25,27)/t11-,15-,16-/m0/s1. The normalized spacial score (nSPS) is 20.2. The molecule has 0 unspecified atom stereocenters. The molecule has 29 heavy (non-hydrogen) atoms. The van der Waals surface area contributed by atoms with Gasteiger partial charge in [-0.25, -0.2) is 0 Å². The van der Waals surface area contributed by atoms with Gasteiger partial charge in [-0.3, -0.25) is 9.59 Å². The van der Waals surface area contributed by atoms with Gasteiger partial charge in [0.05, 0.1) is 11.7 Å². The maximum Gasteiger partial charge on any atom is 0.286 e. The third kappa shape index (κ3) is 5.13. The van der Waals surface area contributed by atoms with Crippen LogP contribution in [0.2, 0.25) is 10.0 Å². The Kier molecular flexibility index (Phi) is 6.88. The van der Waals surface area contributed by atoms with Crippen molar-refractivity contribution in [3.63, 3.8) is 0 Å². The number of carbonyl (C=O) groups is 2. The second kappa shape index (κ2) is 9.20. The molecule has 156 valence electrons. The van der Waals surface area contributed by atoms with E-state index in [1.54, 1.807) is 18.2 Å². The Hall–Kier alpha value is -2.02. The van der Waals surface area contributed by atoms with Crippen LogP contribution >= 0.6 is 23.2 Å². The summed E-state index contributed by atoms with van der Waals surface area (Å²) >= 11 is 12.2. The molecule has 0 bridgehead atoms. The lowest BCUT2D eigenvalue weighted by Crippen LogP contribution is -2.38. The van der Waals surface area contributed by atoms with Crippen LogP contribution in [0.3, 0.4) is 0 Å². The second-order valence-corrected chi connectivity index (χ2v) is 8.24. The van der Waals surface area contributed by atoms with E-state index in [1.807, 2.05) is 6.92 Å². The summed E-state index contributed by atoms with van der Waals surface area (Å²) in [6, 6.07) is 6.58. The summed E-state index contributed by atoms with van der Waals surface area (Å²) in [6.07, 6.45) is 2.43. The quantitative estimate of drug-likeness (QED) is 0.654. The Labute approximate surface area is 179 Å². The van der Waals surface area contributed by atoms with E-state index in [0.29, 0.717) is 47.1 Å². The maximum atomic E-state index is 13.0. The Balaban J connectivity index is 1.91. The van der Waals surface area contributed by atoms with Crippen molar-refractivity contribution in [3.05, 3.63) is 57.0 Å². The van der Waals surface area contributed by atoms with Gasteiger partial charge in [-0.05, 0) is 49.4 Å². The van der Waals surface area contributed by atoms with Gasteiger partial charge in [0.1, 0.15) is 5.76 Å². The summed E-state index contributed by atoms with van der Waals surface area (Å²) in [4.78, 5) is 25.1. The Morgan fingerprint density at radius 2 is 1.69 bits per heavy atom. The number of hydrogen-bond acceptors (Lipinski definition) is 4. The molecule has 3 N–H and O–H groups in total. The topological polar surface area (TPSA) is 91.6 Å². The number of rotatable bonds is 5. The summed E-state index contributed by atoms with van der Waals surface area (Å²) in [7, 11) is 1.50. The lowest BCUT2D eigenvalue weighted by Gasteiger charge is -2.26. The van der Waals surface area contributed by atoms with E-state index in [-0.39, 0.29) is 29.7 Å². The third-order valence-corrected chi connectivity index (χ3v) is 5.70. The number of nitrogens with one attached hydrogen (secondary N) is 2. The predicted octanol–water partition coefficient (Wildman–Crippen LogP) is 4.13. The van der Waals surface area contributed by atoms with Crippen LogP contribution < -0.4 is 10.6 Å². The molecule has 8 heteroatoms. The number of carbonyl (C=O) groups excluding carboxylic acids is 2. The summed E-state index contributed by atoms with van der Waals surface area (Å²) < 4.78 is 5.79. The van der Waals surface area contributed by atoms with Gasteiger partial charge in [-0.2, -0.15) is 0 Å². The van der Waals surface area contributed by atoms with Gasteiger partial charge < -0.3 is 20.2 Å². The first-order valence-electron chi connectivity index (χ1n) is 9.59. The number of aliphatic hydroxyl groups is 1. The number of aliphatic hydroxyl groups excluding tert-OH is 1. The average Bonchev–Trinajstić information content (AvgIpc) is 3.13. The van der Waals surface area contributed by atoms with E-state index in [1.165, 1.54) is 13.1 Å². The van der Waals surface area contributed by atoms with Crippen LogP contribution in [-0.2, 0) is 0 Å². The maximum absolute atomic E-state index is 13.0.